The van der Waals surface area contributed by atoms with E-state index in [1.54, 1.807) is 0 Å². The second kappa shape index (κ2) is 5.89. The van der Waals surface area contributed by atoms with Crippen molar-refractivity contribution in [2.24, 2.45) is 0 Å². The van der Waals surface area contributed by atoms with Crippen LogP contribution in [0, 0.1) is 6.07 Å². The fourth-order valence-corrected chi connectivity index (χ4v) is 2.11. The van der Waals surface area contributed by atoms with Gasteiger partial charge in [0.15, 0.2) is 0 Å². The third-order valence-corrected chi connectivity index (χ3v) is 3.03. The van der Waals surface area contributed by atoms with Crippen molar-refractivity contribution in [3.8, 4) is 11.1 Å². The van der Waals surface area contributed by atoms with Crippen molar-refractivity contribution in [2.75, 3.05) is 33.1 Å². The minimum absolute atomic E-state index is 0.966. The predicted octanol–water partition coefficient (Wildman–Crippen LogP) is 3.28. The lowest BCUT2D eigenvalue weighted by Crippen LogP contribution is -2.10. The van der Waals surface area contributed by atoms with Gasteiger partial charge in [-0.25, -0.2) is 0 Å². The molecule has 2 heteroatoms. The molecule has 2 rings (SSSR count). The van der Waals surface area contributed by atoms with E-state index in [-0.39, 0.29) is 0 Å². The molecular formula is C17H21N2. The summed E-state index contributed by atoms with van der Waals surface area (Å²) in [7, 11) is 8.26. The molecule has 99 valence electrons. The van der Waals surface area contributed by atoms with E-state index < -0.39 is 0 Å². The van der Waals surface area contributed by atoms with E-state index in [0.717, 1.165) is 12.2 Å². The molecule has 0 saturated carbocycles. The Labute approximate surface area is 116 Å². The summed E-state index contributed by atoms with van der Waals surface area (Å²) in [6.07, 6.45) is 0. The molecule has 0 bridgehead atoms. The number of benzene rings is 2. The molecule has 0 N–H and O–H groups in total. The number of rotatable bonds is 4. The minimum atomic E-state index is 0.966. The van der Waals surface area contributed by atoms with E-state index in [0.29, 0.717) is 0 Å². The van der Waals surface area contributed by atoms with Crippen molar-refractivity contribution in [2.45, 2.75) is 6.54 Å². The van der Waals surface area contributed by atoms with Gasteiger partial charge in [-0.15, -0.1) is 0 Å². The Morgan fingerprint density at radius 3 is 2.37 bits per heavy atom. The normalized spacial score (nSPS) is 10.8. The maximum atomic E-state index is 3.24. The van der Waals surface area contributed by atoms with Crippen LogP contribution in [-0.2, 0) is 6.54 Å². The van der Waals surface area contributed by atoms with E-state index in [1.165, 1.54) is 16.7 Å². The topological polar surface area (TPSA) is 6.48 Å². The van der Waals surface area contributed by atoms with Gasteiger partial charge in [0, 0.05) is 32.4 Å². The monoisotopic (exact) mass is 253 g/mol. The first-order valence-electron chi connectivity index (χ1n) is 6.49. The van der Waals surface area contributed by atoms with E-state index in [9.17, 15) is 0 Å². The first-order valence-corrected chi connectivity index (χ1v) is 6.49. The van der Waals surface area contributed by atoms with Gasteiger partial charge in [-0.05, 0) is 42.9 Å². The fourth-order valence-electron chi connectivity index (χ4n) is 2.11. The molecule has 0 atom stereocenters. The summed E-state index contributed by atoms with van der Waals surface area (Å²) in [6, 6.07) is 18.2. The maximum Gasteiger partial charge on any atom is 0.0447 e. The zero-order chi connectivity index (χ0) is 13.8. The summed E-state index contributed by atoms with van der Waals surface area (Å²) >= 11 is 0. The zero-order valence-corrected chi connectivity index (χ0v) is 12.1. The van der Waals surface area contributed by atoms with Crippen LogP contribution in [-0.4, -0.2) is 33.1 Å². The molecular weight excluding hydrogens is 232 g/mol. The Bertz CT molecular complexity index is 544. The molecule has 0 aliphatic rings. The van der Waals surface area contributed by atoms with Crippen LogP contribution in [0.3, 0.4) is 0 Å². The number of hydrogen-bond acceptors (Lipinski definition) is 2. The van der Waals surface area contributed by atoms with Crippen LogP contribution in [0.15, 0.2) is 42.5 Å². The van der Waals surface area contributed by atoms with Gasteiger partial charge in [-0.3, -0.25) is 0 Å². The molecule has 19 heavy (non-hydrogen) atoms. The van der Waals surface area contributed by atoms with Crippen molar-refractivity contribution >= 4 is 5.69 Å². The Kier molecular flexibility index (Phi) is 4.23. The highest BCUT2D eigenvalue weighted by molar-refractivity contribution is 5.68. The number of hydrogen-bond donors (Lipinski definition) is 0. The van der Waals surface area contributed by atoms with Crippen LogP contribution in [0.4, 0.5) is 5.69 Å². The van der Waals surface area contributed by atoms with Crippen LogP contribution < -0.4 is 4.90 Å². The van der Waals surface area contributed by atoms with Crippen LogP contribution in [0.2, 0.25) is 0 Å². The second-order valence-corrected chi connectivity index (χ2v) is 5.30. The van der Waals surface area contributed by atoms with Gasteiger partial charge < -0.3 is 9.80 Å². The molecule has 0 aromatic heterocycles. The van der Waals surface area contributed by atoms with Crippen molar-refractivity contribution in [3.63, 3.8) is 0 Å². The van der Waals surface area contributed by atoms with Crippen molar-refractivity contribution in [1.29, 1.82) is 0 Å². The van der Waals surface area contributed by atoms with Gasteiger partial charge in [0.25, 0.3) is 0 Å². The Morgan fingerprint density at radius 2 is 1.68 bits per heavy atom. The molecule has 2 nitrogen and oxygen atoms in total. The first kappa shape index (κ1) is 13.6. The van der Waals surface area contributed by atoms with Crippen LogP contribution >= 0.6 is 0 Å². The Morgan fingerprint density at radius 1 is 0.947 bits per heavy atom. The highest BCUT2D eigenvalue weighted by Crippen LogP contribution is 2.24. The smallest absolute Gasteiger partial charge is 0.0447 e. The summed E-state index contributed by atoms with van der Waals surface area (Å²) in [5.74, 6) is 0. The van der Waals surface area contributed by atoms with Crippen molar-refractivity contribution < 1.29 is 0 Å². The number of anilines is 1. The molecule has 0 heterocycles. The average Bonchev–Trinajstić information content (AvgIpc) is 2.38. The molecule has 0 aliphatic carbocycles. The molecule has 2 aromatic carbocycles. The first-order chi connectivity index (χ1) is 9.06. The summed E-state index contributed by atoms with van der Waals surface area (Å²) < 4.78 is 0. The van der Waals surface area contributed by atoms with E-state index >= 15 is 0 Å². The van der Waals surface area contributed by atoms with Crippen LogP contribution in [0.1, 0.15) is 5.56 Å². The van der Waals surface area contributed by atoms with Crippen LogP contribution in [0.5, 0.6) is 0 Å². The second-order valence-electron chi connectivity index (χ2n) is 5.30. The summed E-state index contributed by atoms with van der Waals surface area (Å²) in [4.78, 5) is 4.26. The van der Waals surface area contributed by atoms with Crippen molar-refractivity contribution in [1.82, 2.24) is 4.90 Å². The average molecular weight is 253 g/mol. The molecule has 2 aromatic rings. The third kappa shape index (κ3) is 3.58. The molecule has 0 aliphatic heterocycles. The van der Waals surface area contributed by atoms with Gasteiger partial charge in [-0.2, -0.15) is 0 Å². The van der Waals surface area contributed by atoms with Gasteiger partial charge in [0.2, 0.25) is 0 Å². The Balaban J connectivity index is 2.33. The van der Waals surface area contributed by atoms with Gasteiger partial charge in [0.05, 0.1) is 0 Å². The quantitative estimate of drug-likeness (QED) is 0.825. The highest BCUT2D eigenvalue weighted by Gasteiger charge is 2.03. The molecule has 0 amide bonds. The largest absolute Gasteiger partial charge is 0.377 e. The van der Waals surface area contributed by atoms with Gasteiger partial charge >= 0.3 is 0 Å². The minimum Gasteiger partial charge on any atom is -0.377 e. The maximum absolute atomic E-state index is 3.24. The zero-order valence-electron chi connectivity index (χ0n) is 12.1. The van der Waals surface area contributed by atoms with Crippen molar-refractivity contribution in [3.05, 3.63) is 54.1 Å². The van der Waals surface area contributed by atoms with Crippen LogP contribution in [0.25, 0.3) is 11.1 Å². The lowest BCUT2D eigenvalue weighted by atomic mass is 10.0. The molecule has 1 radical (unpaired) electrons. The van der Waals surface area contributed by atoms with E-state index in [2.05, 4.69) is 66.4 Å². The summed E-state index contributed by atoms with van der Waals surface area (Å²) in [6.45, 7) is 0.966. The lowest BCUT2D eigenvalue weighted by Gasteiger charge is -2.14. The van der Waals surface area contributed by atoms with Gasteiger partial charge in [0.1, 0.15) is 0 Å². The van der Waals surface area contributed by atoms with E-state index in [4.69, 9.17) is 0 Å². The lowest BCUT2D eigenvalue weighted by molar-refractivity contribution is 0.402. The van der Waals surface area contributed by atoms with Gasteiger partial charge in [-0.1, -0.05) is 30.3 Å². The summed E-state index contributed by atoms with van der Waals surface area (Å²) in [5.41, 5.74) is 4.94. The molecule has 0 spiro atoms. The summed E-state index contributed by atoms with van der Waals surface area (Å²) in [5, 5.41) is 0. The molecule has 0 saturated heterocycles. The fraction of sp³-hybridized carbons (Fsp3) is 0.294. The molecule has 0 unspecified atom stereocenters. The predicted molar refractivity (Wildman–Crippen MR) is 82.4 cm³/mol. The van der Waals surface area contributed by atoms with E-state index in [1.807, 2.05) is 20.2 Å². The highest BCUT2D eigenvalue weighted by atomic mass is 15.1. The standard InChI is InChI=1S/C17H21N2/c1-18(2)13-14-7-5-8-15(11-14)16-9-6-10-17(12-16)19(3)4/h5-9,11-12H,13H2,1-4H3. The Hall–Kier alpha value is -1.80. The third-order valence-electron chi connectivity index (χ3n) is 3.03. The molecule has 0 fully saturated rings. The SMILES string of the molecule is CN(C)Cc1cccc(-c2cc[c]c(N(C)C)c2)c1. The number of nitrogens with zero attached hydrogens (tertiary/aromatic N) is 2.